The minimum absolute atomic E-state index is 0.0657. The van der Waals surface area contributed by atoms with Crippen molar-refractivity contribution in [1.82, 2.24) is 29.7 Å². The normalized spacial score (nSPS) is 15.2. The fourth-order valence-corrected chi connectivity index (χ4v) is 3.23. The molecule has 0 aromatic carbocycles. The number of carbonyl (C=O) groups is 1. The predicted molar refractivity (Wildman–Crippen MR) is 94.0 cm³/mol. The first-order valence-electron chi connectivity index (χ1n) is 7.92. The van der Waals surface area contributed by atoms with E-state index in [1.165, 1.54) is 11.8 Å². The van der Waals surface area contributed by atoms with Crippen LogP contribution in [0, 0.1) is 0 Å². The number of nitrogens with zero attached hydrogens (tertiary/aromatic N) is 7. The smallest absolute Gasteiger partial charge is 0.237 e. The van der Waals surface area contributed by atoms with Gasteiger partial charge in [0.1, 0.15) is 18.2 Å². The molecule has 1 aliphatic carbocycles. The number of amides is 1. The maximum absolute atomic E-state index is 11.4. The molecule has 0 saturated heterocycles. The lowest BCUT2D eigenvalue weighted by molar-refractivity contribution is -0.118. The van der Waals surface area contributed by atoms with E-state index in [9.17, 15) is 4.79 Å². The third kappa shape index (κ3) is 3.98. The molecule has 1 aliphatic rings. The first-order valence-corrected chi connectivity index (χ1v) is 8.80. The molecule has 0 aliphatic heterocycles. The summed E-state index contributed by atoms with van der Waals surface area (Å²) in [4.78, 5) is 25.9. The average molecular weight is 363 g/mol. The number of nitrogens with two attached hydrogens (primary N) is 2. The molecule has 0 bridgehead atoms. The Kier molecular flexibility index (Phi) is 4.75. The Morgan fingerprint density at radius 1 is 1.32 bits per heavy atom. The molecule has 2 heterocycles. The van der Waals surface area contributed by atoms with Crippen molar-refractivity contribution in [3.05, 3.63) is 11.6 Å². The fourth-order valence-electron chi connectivity index (χ4n) is 2.33. The molecule has 10 nitrogen and oxygen atoms in total. The second kappa shape index (κ2) is 6.82. The average Bonchev–Trinajstić information content (AvgIpc) is 3.30. The van der Waals surface area contributed by atoms with E-state index in [2.05, 4.69) is 25.1 Å². The highest BCUT2D eigenvalue weighted by atomic mass is 32.2. The number of hydrogen-bond donors (Lipinski definition) is 2. The van der Waals surface area contributed by atoms with Crippen LogP contribution >= 0.6 is 11.8 Å². The van der Waals surface area contributed by atoms with Gasteiger partial charge >= 0.3 is 0 Å². The molecule has 25 heavy (non-hydrogen) atoms. The molecule has 0 unspecified atom stereocenters. The van der Waals surface area contributed by atoms with E-state index in [4.69, 9.17) is 11.5 Å². The third-order valence-corrected chi connectivity index (χ3v) is 4.78. The Bertz CT molecular complexity index is 787. The van der Waals surface area contributed by atoms with Gasteiger partial charge in [0.15, 0.2) is 5.16 Å². The van der Waals surface area contributed by atoms with Crippen molar-refractivity contribution in [2.24, 2.45) is 5.73 Å². The first-order chi connectivity index (χ1) is 11.8. The molecule has 2 aromatic heterocycles. The van der Waals surface area contributed by atoms with Gasteiger partial charge in [0.2, 0.25) is 17.8 Å². The summed E-state index contributed by atoms with van der Waals surface area (Å²) in [7, 11) is 3.67. The molecule has 1 amide bonds. The van der Waals surface area contributed by atoms with Crippen molar-refractivity contribution < 1.29 is 4.79 Å². The second-order valence-electron chi connectivity index (χ2n) is 6.17. The van der Waals surface area contributed by atoms with Crippen LogP contribution in [-0.2, 0) is 11.3 Å². The predicted octanol–water partition coefficient (Wildman–Crippen LogP) is 0.327. The summed E-state index contributed by atoms with van der Waals surface area (Å²) in [6.07, 6.45) is 2.13. The monoisotopic (exact) mass is 363 g/mol. The van der Waals surface area contributed by atoms with Gasteiger partial charge in [0, 0.05) is 20.0 Å². The van der Waals surface area contributed by atoms with Crippen molar-refractivity contribution in [2.75, 3.05) is 24.7 Å². The van der Waals surface area contributed by atoms with Gasteiger partial charge in [-0.25, -0.2) is 0 Å². The maximum Gasteiger partial charge on any atom is 0.237 e. The minimum Gasteiger partial charge on any atom is -0.368 e. The summed E-state index contributed by atoms with van der Waals surface area (Å²) in [6, 6.07) is 0. The number of anilines is 2. The Morgan fingerprint density at radius 2 is 2.04 bits per heavy atom. The zero-order chi connectivity index (χ0) is 18.1. The van der Waals surface area contributed by atoms with Crippen LogP contribution in [0.25, 0.3) is 0 Å². The van der Waals surface area contributed by atoms with Crippen LogP contribution in [0.4, 0.5) is 11.9 Å². The van der Waals surface area contributed by atoms with E-state index < -0.39 is 5.91 Å². The Morgan fingerprint density at radius 3 is 2.64 bits per heavy atom. The molecule has 2 aromatic rings. The second-order valence-corrected chi connectivity index (χ2v) is 7.48. The highest BCUT2D eigenvalue weighted by Crippen LogP contribution is 2.41. The summed E-state index contributed by atoms with van der Waals surface area (Å²) >= 11 is 1.42. The summed E-state index contributed by atoms with van der Waals surface area (Å²) in [6.45, 7) is 2.01. The Labute approximate surface area is 149 Å². The maximum atomic E-state index is 11.4. The number of aromatic nitrogens is 6. The van der Waals surface area contributed by atoms with Crippen LogP contribution in [0.1, 0.15) is 42.6 Å². The van der Waals surface area contributed by atoms with Crippen LogP contribution < -0.4 is 16.4 Å². The van der Waals surface area contributed by atoms with Crippen LogP contribution in [0.3, 0.4) is 0 Å². The molecule has 0 spiro atoms. The van der Waals surface area contributed by atoms with Gasteiger partial charge in [0.25, 0.3) is 0 Å². The number of hydrogen-bond acceptors (Lipinski definition) is 9. The van der Waals surface area contributed by atoms with E-state index in [0.29, 0.717) is 22.8 Å². The SMILES string of the molecule is C[C@@H](Sc1nnc(C2CC2)n1CC(N)=O)c1nc(N)nc(N(C)C)n1. The molecule has 134 valence electrons. The highest BCUT2D eigenvalue weighted by molar-refractivity contribution is 7.99. The number of primary amides is 1. The molecular weight excluding hydrogens is 342 g/mol. The number of nitrogen functional groups attached to an aromatic ring is 1. The third-order valence-electron chi connectivity index (χ3n) is 3.71. The van der Waals surface area contributed by atoms with Crippen molar-refractivity contribution in [3.63, 3.8) is 0 Å². The van der Waals surface area contributed by atoms with Gasteiger partial charge in [-0.2, -0.15) is 15.0 Å². The lowest BCUT2D eigenvalue weighted by atomic mass is 10.4. The van der Waals surface area contributed by atoms with Crippen LogP contribution in [0.5, 0.6) is 0 Å². The van der Waals surface area contributed by atoms with Crippen LogP contribution in [-0.4, -0.2) is 49.7 Å². The summed E-state index contributed by atoms with van der Waals surface area (Å²) in [5, 5.41) is 8.95. The van der Waals surface area contributed by atoms with Gasteiger partial charge in [-0.3, -0.25) is 9.36 Å². The standard InChI is InChI=1S/C14H21N9OS/c1-7(10-17-12(16)19-13(18-10)22(2)3)25-14-21-20-11(8-4-5-8)23(14)6-9(15)24/h7-8H,4-6H2,1-3H3,(H2,15,24)(H2,16,17,18,19)/t7-/m1/s1. The number of carbonyl (C=O) groups excluding carboxylic acids is 1. The quantitative estimate of drug-likeness (QED) is 0.665. The highest BCUT2D eigenvalue weighted by Gasteiger charge is 2.31. The molecule has 11 heteroatoms. The van der Waals surface area contributed by atoms with Crippen LogP contribution in [0.15, 0.2) is 5.16 Å². The number of thioether (sulfide) groups is 1. The topological polar surface area (TPSA) is 142 Å². The Hall–Kier alpha value is -2.43. The Balaban J connectivity index is 1.86. The van der Waals surface area contributed by atoms with Gasteiger partial charge in [-0.1, -0.05) is 11.8 Å². The van der Waals surface area contributed by atoms with Crippen molar-refractivity contribution in [3.8, 4) is 0 Å². The fraction of sp³-hybridized carbons (Fsp3) is 0.571. The van der Waals surface area contributed by atoms with Crippen molar-refractivity contribution >= 4 is 29.6 Å². The van der Waals surface area contributed by atoms with E-state index in [0.717, 1.165) is 18.7 Å². The molecule has 1 fully saturated rings. The van der Waals surface area contributed by atoms with Crippen LogP contribution in [0.2, 0.25) is 0 Å². The lowest BCUT2D eigenvalue weighted by Gasteiger charge is -2.15. The van der Waals surface area contributed by atoms with E-state index in [-0.39, 0.29) is 17.7 Å². The van der Waals surface area contributed by atoms with Gasteiger partial charge in [0.05, 0.1) is 5.25 Å². The largest absolute Gasteiger partial charge is 0.368 e. The van der Waals surface area contributed by atoms with Gasteiger partial charge < -0.3 is 16.4 Å². The molecular formula is C14H21N9OS. The summed E-state index contributed by atoms with van der Waals surface area (Å²) in [5.41, 5.74) is 11.2. The zero-order valence-electron chi connectivity index (χ0n) is 14.4. The van der Waals surface area contributed by atoms with Gasteiger partial charge in [-0.05, 0) is 19.8 Å². The lowest BCUT2D eigenvalue weighted by Crippen LogP contribution is -2.21. The molecule has 0 radical (unpaired) electrons. The molecule has 1 atom stereocenters. The summed E-state index contributed by atoms with van der Waals surface area (Å²) < 4.78 is 1.79. The van der Waals surface area contributed by atoms with E-state index in [1.54, 1.807) is 9.47 Å². The van der Waals surface area contributed by atoms with E-state index >= 15 is 0 Å². The molecule has 4 N–H and O–H groups in total. The molecule has 3 rings (SSSR count). The number of rotatable bonds is 7. The molecule has 1 saturated carbocycles. The van der Waals surface area contributed by atoms with Gasteiger partial charge in [-0.15, -0.1) is 10.2 Å². The minimum atomic E-state index is -0.421. The summed E-state index contributed by atoms with van der Waals surface area (Å²) in [5.74, 6) is 1.96. The first kappa shape index (κ1) is 17.4. The van der Waals surface area contributed by atoms with E-state index in [1.807, 2.05) is 21.0 Å². The zero-order valence-corrected chi connectivity index (χ0v) is 15.2. The van der Waals surface area contributed by atoms with Crippen molar-refractivity contribution in [2.45, 2.75) is 42.6 Å². The van der Waals surface area contributed by atoms with Crippen molar-refractivity contribution in [1.29, 1.82) is 0 Å².